The number of ether oxygens (including phenoxy) is 2. The van der Waals surface area contributed by atoms with Gasteiger partial charge >= 0.3 is 11.9 Å². The highest BCUT2D eigenvalue weighted by Crippen LogP contribution is 2.20. The van der Waals surface area contributed by atoms with Gasteiger partial charge in [0.2, 0.25) is 0 Å². The van der Waals surface area contributed by atoms with Crippen LogP contribution in [0.3, 0.4) is 0 Å². The molecule has 1 N–H and O–H groups in total. The lowest BCUT2D eigenvalue weighted by molar-refractivity contribution is -0.161. The van der Waals surface area contributed by atoms with Gasteiger partial charge in [0.25, 0.3) is 0 Å². The fraction of sp³-hybridized carbons (Fsp3) is 0.920. The molecule has 0 aliphatic heterocycles. The molecule has 0 aliphatic carbocycles. The third-order valence-corrected chi connectivity index (χ3v) is 17.2. The molecule has 0 amide bonds. The number of aliphatic hydroxyl groups excluding tert-OH is 1. The standard InChI is InChI=1S/C75H144O5/c1-3-5-7-9-11-13-15-17-19-21-23-25-27-29-31-33-34-35-36-37-38-39-40-42-44-46-48-50-52-54-56-58-60-62-64-66-68-70-75(78)80-73(71-76)72-79-74(77)69-67-65-63-61-59-57-55-53-51-49-47-45-43-41-32-30-28-26-24-22-20-18-16-14-12-10-8-6-4-2/h15,17,21,23,73,76H,3-14,16,18-20,22,24-72H2,1-2H3/b17-15-,23-21-. The van der Waals surface area contributed by atoms with Crippen LogP contribution in [0.25, 0.3) is 0 Å². The van der Waals surface area contributed by atoms with Crippen molar-refractivity contribution in [3.63, 3.8) is 0 Å². The molecule has 0 saturated carbocycles. The molecule has 0 aromatic heterocycles. The smallest absolute Gasteiger partial charge is 0.306 e. The maximum absolute atomic E-state index is 12.4. The van der Waals surface area contributed by atoms with E-state index in [-0.39, 0.29) is 25.2 Å². The summed E-state index contributed by atoms with van der Waals surface area (Å²) in [6.45, 7) is 4.21. The van der Waals surface area contributed by atoms with E-state index in [4.69, 9.17) is 9.47 Å². The summed E-state index contributed by atoms with van der Waals surface area (Å²) in [5.41, 5.74) is 0. The molecule has 1 unspecified atom stereocenters. The number of esters is 2. The molecular formula is C75H144O5. The first-order valence-electron chi connectivity index (χ1n) is 36.9. The highest BCUT2D eigenvalue weighted by molar-refractivity contribution is 5.70. The van der Waals surface area contributed by atoms with E-state index >= 15 is 0 Å². The molecule has 0 radical (unpaired) electrons. The molecule has 0 heterocycles. The molecule has 0 aliphatic rings. The predicted molar refractivity (Wildman–Crippen MR) is 353 cm³/mol. The molecule has 474 valence electrons. The second-order valence-electron chi connectivity index (χ2n) is 25.4. The van der Waals surface area contributed by atoms with Crippen LogP contribution >= 0.6 is 0 Å². The van der Waals surface area contributed by atoms with E-state index < -0.39 is 6.10 Å². The van der Waals surface area contributed by atoms with Gasteiger partial charge < -0.3 is 14.6 Å². The van der Waals surface area contributed by atoms with E-state index in [1.165, 1.54) is 360 Å². The number of rotatable bonds is 70. The van der Waals surface area contributed by atoms with Crippen molar-refractivity contribution in [2.24, 2.45) is 0 Å². The minimum absolute atomic E-state index is 0.0569. The van der Waals surface area contributed by atoms with E-state index in [1.54, 1.807) is 0 Å². The fourth-order valence-electron chi connectivity index (χ4n) is 11.7. The van der Waals surface area contributed by atoms with Gasteiger partial charge in [-0.2, -0.15) is 0 Å². The first-order valence-corrected chi connectivity index (χ1v) is 36.9. The molecular weight excluding hydrogens is 981 g/mol. The quantitative estimate of drug-likeness (QED) is 0.0373. The van der Waals surface area contributed by atoms with Crippen LogP contribution in [-0.4, -0.2) is 36.4 Å². The summed E-state index contributed by atoms with van der Waals surface area (Å²) in [6, 6.07) is 0. The third-order valence-electron chi connectivity index (χ3n) is 17.2. The zero-order valence-electron chi connectivity index (χ0n) is 54.6. The summed E-state index contributed by atoms with van der Waals surface area (Å²) >= 11 is 0. The number of carbonyl (C=O) groups excluding carboxylic acids is 2. The Labute approximate surface area is 502 Å². The van der Waals surface area contributed by atoms with Crippen molar-refractivity contribution in [3.05, 3.63) is 24.3 Å². The van der Waals surface area contributed by atoms with Gasteiger partial charge in [-0.05, 0) is 44.9 Å². The minimum Gasteiger partial charge on any atom is -0.462 e. The first-order chi connectivity index (χ1) is 39.6. The Balaban J connectivity index is 3.36. The van der Waals surface area contributed by atoms with Crippen LogP contribution in [0.1, 0.15) is 425 Å². The summed E-state index contributed by atoms with van der Waals surface area (Å²) < 4.78 is 10.8. The highest BCUT2D eigenvalue weighted by atomic mass is 16.6. The largest absolute Gasteiger partial charge is 0.462 e. The third kappa shape index (κ3) is 68.9. The van der Waals surface area contributed by atoms with Gasteiger partial charge in [0.05, 0.1) is 6.61 Å². The molecule has 0 fully saturated rings. The Bertz CT molecular complexity index is 1230. The number of hydrogen-bond acceptors (Lipinski definition) is 5. The summed E-state index contributed by atoms with van der Waals surface area (Å²) in [4.78, 5) is 24.7. The maximum atomic E-state index is 12.4. The highest BCUT2D eigenvalue weighted by Gasteiger charge is 2.16. The fourth-order valence-corrected chi connectivity index (χ4v) is 11.7. The van der Waals surface area contributed by atoms with Gasteiger partial charge in [-0.15, -0.1) is 0 Å². The van der Waals surface area contributed by atoms with Crippen molar-refractivity contribution in [2.45, 2.75) is 431 Å². The summed E-state index contributed by atoms with van der Waals surface area (Å²) in [6.07, 6.45) is 93.9. The van der Waals surface area contributed by atoms with Gasteiger partial charge in [-0.25, -0.2) is 0 Å². The van der Waals surface area contributed by atoms with Gasteiger partial charge in [-0.1, -0.05) is 391 Å². The number of aliphatic hydroxyl groups is 1. The number of allylic oxidation sites excluding steroid dienone is 4. The SMILES string of the molecule is CCCCCCC/C=C\C/C=C\CCCCCCCCCCCCCCCCCCCCCCCCCCCC(=O)OC(CO)COC(=O)CCCCCCCCCCCCCCCCCCCCCCCCCCCCCCC. The van der Waals surface area contributed by atoms with Crippen LogP contribution in [0.2, 0.25) is 0 Å². The molecule has 5 heteroatoms. The molecule has 5 nitrogen and oxygen atoms in total. The lowest BCUT2D eigenvalue weighted by atomic mass is 10.0. The first kappa shape index (κ1) is 78.4. The Kier molecular flexibility index (Phi) is 70.2. The minimum atomic E-state index is -0.768. The van der Waals surface area contributed by atoms with Crippen molar-refractivity contribution >= 4 is 11.9 Å². The van der Waals surface area contributed by atoms with Gasteiger partial charge in [0, 0.05) is 12.8 Å². The lowest BCUT2D eigenvalue weighted by Crippen LogP contribution is -2.28. The molecule has 0 saturated heterocycles. The normalized spacial score (nSPS) is 12.2. The molecule has 1 atom stereocenters. The summed E-state index contributed by atoms with van der Waals surface area (Å²) in [7, 11) is 0. The van der Waals surface area contributed by atoms with Crippen molar-refractivity contribution < 1.29 is 24.2 Å². The van der Waals surface area contributed by atoms with Gasteiger partial charge in [0.1, 0.15) is 6.61 Å². The lowest BCUT2D eigenvalue weighted by Gasteiger charge is -2.15. The Morgan fingerprint density at radius 1 is 0.287 bits per heavy atom. The Hall–Kier alpha value is -1.62. The molecule has 80 heavy (non-hydrogen) atoms. The average Bonchev–Trinajstić information content (AvgIpc) is 3.46. The van der Waals surface area contributed by atoms with Crippen LogP contribution in [0.15, 0.2) is 24.3 Å². The van der Waals surface area contributed by atoms with E-state index in [1.807, 2.05) is 0 Å². The monoisotopic (exact) mass is 1130 g/mol. The van der Waals surface area contributed by atoms with Crippen molar-refractivity contribution in [3.8, 4) is 0 Å². The predicted octanol–water partition coefficient (Wildman–Crippen LogP) is 25.6. The van der Waals surface area contributed by atoms with E-state index in [0.717, 1.165) is 38.5 Å². The van der Waals surface area contributed by atoms with Crippen LogP contribution < -0.4 is 0 Å². The van der Waals surface area contributed by atoms with Crippen LogP contribution in [0.4, 0.5) is 0 Å². The summed E-state index contributed by atoms with van der Waals surface area (Å²) in [5, 5.41) is 9.71. The molecule has 0 spiro atoms. The number of hydrogen-bond donors (Lipinski definition) is 1. The average molecular weight is 1130 g/mol. The second kappa shape index (κ2) is 71.6. The molecule has 0 aromatic carbocycles. The topological polar surface area (TPSA) is 72.8 Å². The van der Waals surface area contributed by atoms with E-state index in [2.05, 4.69) is 38.2 Å². The second-order valence-corrected chi connectivity index (χ2v) is 25.4. The van der Waals surface area contributed by atoms with Crippen molar-refractivity contribution in [1.82, 2.24) is 0 Å². The van der Waals surface area contributed by atoms with Crippen molar-refractivity contribution in [2.75, 3.05) is 13.2 Å². The zero-order valence-corrected chi connectivity index (χ0v) is 54.6. The Morgan fingerprint density at radius 3 is 0.738 bits per heavy atom. The van der Waals surface area contributed by atoms with Crippen LogP contribution in [0.5, 0.6) is 0 Å². The van der Waals surface area contributed by atoms with Gasteiger partial charge in [-0.3, -0.25) is 9.59 Å². The van der Waals surface area contributed by atoms with Crippen LogP contribution in [-0.2, 0) is 19.1 Å². The molecule has 0 rings (SSSR count). The zero-order chi connectivity index (χ0) is 57.6. The van der Waals surface area contributed by atoms with Gasteiger partial charge in [0.15, 0.2) is 6.10 Å². The van der Waals surface area contributed by atoms with E-state index in [9.17, 15) is 14.7 Å². The number of carbonyl (C=O) groups is 2. The van der Waals surface area contributed by atoms with E-state index in [0.29, 0.717) is 12.8 Å². The maximum Gasteiger partial charge on any atom is 0.306 e. The molecule has 0 aromatic rings. The van der Waals surface area contributed by atoms with Crippen LogP contribution in [0, 0.1) is 0 Å². The van der Waals surface area contributed by atoms with Crippen molar-refractivity contribution in [1.29, 1.82) is 0 Å². The summed E-state index contributed by atoms with van der Waals surface area (Å²) in [5.74, 6) is -0.560. The molecule has 0 bridgehead atoms. The Morgan fingerprint density at radius 2 is 0.500 bits per heavy atom. The number of unbranched alkanes of at least 4 members (excludes halogenated alkanes) is 58.